The van der Waals surface area contributed by atoms with Crippen molar-refractivity contribution in [2.45, 2.75) is 24.7 Å². The highest BCUT2D eigenvalue weighted by Crippen LogP contribution is 2.35. The van der Waals surface area contributed by atoms with Gasteiger partial charge in [0.2, 0.25) is 0 Å². The molecule has 1 saturated heterocycles. The Balaban J connectivity index is 2.37. The van der Waals surface area contributed by atoms with Gasteiger partial charge in [-0.1, -0.05) is 12.1 Å². The standard InChI is InChI=1S/C14H18FNO2/c1-16-9-2-7-14(8-10-16,13(17)18)11-3-5-12(15)6-4-11/h3-6H,2,7-10H2,1H3,(H,17,18). The number of hydrogen-bond acceptors (Lipinski definition) is 2. The molecule has 1 atom stereocenters. The summed E-state index contributed by atoms with van der Waals surface area (Å²) >= 11 is 0. The number of carbonyl (C=O) groups is 1. The van der Waals surface area contributed by atoms with E-state index in [-0.39, 0.29) is 5.82 Å². The average molecular weight is 251 g/mol. The Morgan fingerprint density at radius 1 is 1.28 bits per heavy atom. The molecule has 1 unspecified atom stereocenters. The molecule has 1 aliphatic rings. The van der Waals surface area contributed by atoms with Crippen LogP contribution < -0.4 is 0 Å². The molecular formula is C14H18FNO2. The van der Waals surface area contributed by atoms with Gasteiger partial charge in [0.05, 0.1) is 5.41 Å². The Kier molecular flexibility index (Phi) is 3.66. The fraction of sp³-hybridized carbons (Fsp3) is 0.500. The summed E-state index contributed by atoms with van der Waals surface area (Å²) in [4.78, 5) is 13.9. The first-order chi connectivity index (χ1) is 8.54. The van der Waals surface area contributed by atoms with Gasteiger partial charge in [-0.2, -0.15) is 0 Å². The van der Waals surface area contributed by atoms with Crippen LogP contribution >= 0.6 is 0 Å². The number of halogens is 1. The molecule has 18 heavy (non-hydrogen) atoms. The zero-order chi connectivity index (χ0) is 13.2. The van der Waals surface area contributed by atoms with Crippen molar-refractivity contribution in [1.82, 2.24) is 4.90 Å². The highest BCUT2D eigenvalue weighted by atomic mass is 19.1. The summed E-state index contributed by atoms with van der Waals surface area (Å²) in [5.41, 5.74) is -0.148. The third-order valence-corrected chi connectivity index (χ3v) is 3.87. The number of benzene rings is 1. The van der Waals surface area contributed by atoms with Crippen molar-refractivity contribution < 1.29 is 14.3 Å². The second kappa shape index (κ2) is 5.06. The van der Waals surface area contributed by atoms with Crippen LogP contribution in [0.1, 0.15) is 24.8 Å². The van der Waals surface area contributed by atoms with Crippen LogP contribution in [-0.4, -0.2) is 36.1 Å². The molecule has 0 spiro atoms. The molecule has 1 aromatic rings. The SMILES string of the molecule is CN1CCCC(C(=O)O)(c2ccc(F)cc2)CC1. The Hall–Kier alpha value is -1.42. The summed E-state index contributed by atoms with van der Waals surface area (Å²) in [6.07, 6.45) is 2.03. The Labute approximate surface area is 106 Å². The molecule has 1 aromatic carbocycles. The molecule has 1 N–H and O–H groups in total. The van der Waals surface area contributed by atoms with Gasteiger partial charge in [-0.25, -0.2) is 4.39 Å². The van der Waals surface area contributed by atoms with E-state index < -0.39 is 11.4 Å². The largest absolute Gasteiger partial charge is 0.481 e. The predicted octanol–water partition coefficient (Wildman–Crippen LogP) is 2.26. The van der Waals surface area contributed by atoms with Crippen LogP contribution in [0.5, 0.6) is 0 Å². The lowest BCUT2D eigenvalue weighted by atomic mass is 9.74. The molecule has 1 heterocycles. The highest BCUT2D eigenvalue weighted by Gasteiger charge is 2.41. The molecular weight excluding hydrogens is 233 g/mol. The second-order valence-corrected chi connectivity index (χ2v) is 5.05. The van der Waals surface area contributed by atoms with Gasteiger partial charge in [-0.05, 0) is 57.1 Å². The van der Waals surface area contributed by atoms with E-state index in [1.54, 1.807) is 12.1 Å². The first kappa shape index (κ1) is 13.0. The van der Waals surface area contributed by atoms with Crippen LogP contribution in [0.2, 0.25) is 0 Å². The van der Waals surface area contributed by atoms with E-state index in [1.165, 1.54) is 12.1 Å². The van der Waals surface area contributed by atoms with Gasteiger partial charge in [0, 0.05) is 0 Å². The molecule has 1 fully saturated rings. The fourth-order valence-electron chi connectivity index (χ4n) is 2.66. The van der Waals surface area contributed by atoms with E-state index in [2.05, 4.69) is 4.90 Å². The Bertz CT molecular complexity index is 432. The van der Waals surface area contributed by atoms with Gasteiger partial charge < -0.3 is 10.0 Å². The Morgan fingerprint density at radius 3 is 2.56 bits per heavy atom. The fourth-order valence-corrected chi connectivity index (χ4v) is 2.66. The number of aliphatic carboxylic acids is 1. The summed E-state index contributed by atoms with van der Waals surface area (Å²) in [6.45, 7) is 1.67. The summed E-state index contributed by atoms with van der Waals surface area (Å²) in [6, 6.07) is 5.90. The van der Waals surface area contributed by atoms with Crippen molar-refractivity contribution in [1.29, 1.82) is 0 Å². The van der Waals surface area contributed by atoms with Crippen molar-refractivity contribution >= 4 is 5.97 Å². The van der Waals surface area contributed by atoms with Crippen LogP contribution in [0.25, 0.3) is 0 Å². The van der Waals surface area contributed by atoms with E-state index in [4.69, 9.17) is 0 Å². The van der Waals surface area contributed by atoms with Gasteiger partial charge in [0.25, 0.3) is 0 Å². The zero-order valence-electron chi connectivity index (χ0n) is 10.5. The molecule has 0 aliphatic carbocycles. The van der Waals surface area contributed by atoms with Crippen LogP contribution in [0.4, 0.5) is 4.39 Å². The molecule has 0 bridgehead atoms. The first-order valence-electron chi connectivity index (χ1n) is 6.22. The van der Waals surface area contributed by atoms with Crippen LogP contribution in [-0.2, 0) is 10.2 Å². The van der Waals surface area contributed by atoms with E-state index in [1.807, 2.05) is 7.05 Å². The van der Waals surface area contributed by atoms with E-state index in [0.717, 1.165) is 19.5 Å². The van der Waals surface area contributed by atoms with Crippen molar-refractivity contribution in [2.75, 3.05) is 20.1 Å². The van der Waals surface area contributed by atoms with E-state index in [9.17, 15) is 14.3 Å². The molecule has 0 radical (unpaired) electrons. The molecule has 3 nitrogen and oxygen atoms in total. The number of carboxylic acid groups (broad SMARTS) is 1. The highest BCUT2D eigenvalue weighted by molar-refractivity contribution is 5.81. The van der Waals surface area contributed by atoms with Gasteiger partial charge in [0.15, 0.2) is 0 Å². The maximum atomic E-state index is 13.0. The minimum absolute atomic E-state index is 0.329. The van der Waals surface area contributed by atoms with Crippen LogP contribution in [0.15, 0.2) is 24.3 Å². The van der Waals surface area contributed by atoms with Crippen molar-refractivity contribution in [3.8, 4) is 0 Å². The lowest BCUT2D eigenvalue weighted by Gasteiger charge is -2.28. The number of rotatable bonds is 2. The zero-order valence-corrected chi connectivity index (χ0v) is 10.5. The van der Waals surface area contributed by atoms with E-state index in [0.29, 0.717) is 18.4 Å². The quantitative estimate of drug-likeness (QED) is 0.876. The van der Waals surface area contributed by atoms with Gasteiger partial charge in [-0.15, -0.1) is 0 Å². The summed E-state index contributed by atoms with van der Waals surface area (Å²) in [7, 11) is 2.00. The average Bonchev–Trinajstić information content (AvgIpc) is 2.53. The lowest BCUT2D eigenvalue weighted by molar-refractivity contribution is -0.144. The minimum Gasteiger partial charge on any atom is -0.481 e. The number of likely N-dealkylation sites (tertiary alicyclic amines) is 1. The molecule has 1 aliphatic heterocycles. The Morgan fingerprint density at radius 2 is 1.94 bits per heavy atom. The van der Waals surface area contributed by atoms with Gasteiger partial charge in [-0.3, -0.25) is 4.79 Å². The van der Waals surface area contributed by atoms with Crippen LogP contribution in [0.3, 0.4) is 0 Å². The predicted molar refractivity (Wildman–Crippen MR) is 67.1 cm³/mol. The normalized spacial score (nSPS) is 25.7. The summed E-state index contributed by atoms with van der Waals surface area (Å²) in [5, 5.41) is 9.61. The lowest BCUT2D eigenvalue weighted by Crippen LogP contribution is -2.36. The van der Waals surface area contributed by atoms with Crippen molar-refractivity contribution in [3.63, 3.8) is 0 Å². The molecule has 4 heteroatoms. The third-order valence-electron chi connectivity index (χ3n) is 3.87. The topological polar surface area (TPSA) is 40.5 Å². The molecule has 98 valence electrons. The van der Waals surface area contributed by atoms with Gasteiger partial charge >= 0.3 is 5.97 Å². The molecule has 0 aromatic heterocycles. The van der Waals surface area contributed by atoms with Crippen molar-refractivity contribution in [3.05, 3.63) is 35.6 Å². The summed E-state index contributed by atoms with van der Waals surface area (Å²) < 4.78 is 13.0. The minimum atomic E-state index is -0.863. The van der Waals surface area contributed by atoms with Gasteiger partial charge in [0.1, 0.15) is 5.82 Å². The summed E-state index contributed by atoms with van der Waals surface area (Å²) in [5.74, 6) is -1.13. The van der Waals surface area contributed by atoms with Crippen LogP contribution in [0, 0.1) is 5.82 Å². The molecule has 0 saturated carbocycles. The first-order valence-corrected chi connectivity index (χ1v) is 6.22. The molecule has 0 amide bonds. The third kappa shape index (κ3) is 2.38. The molecule has 2 rings (SSSR count). The number of carboxylic acids is 1. The van der Waals surface area contributed by atoms with E-state index >= 15 is 0 Å². The van der Waals surface area contributed by atoms with Crippen molar-refractivity contribution in [2.24, 2.45) is 0 Å². The maximum absolute atomic E-state index is 13.0. The second-order valence-electron chi connectivity index (χ2n) is 5.05. The monoisotopic (exact) mass is 251 g/mol. The number of hydrogen-bond donors (Lipinski definition) is 1. The maximum Gasteiger partial charge on any atom is 0.314 e. The number of nitrogens with zero attached hydrogens (tertiary/aromatic N) is 1. The smallest absolute Gasteiger partial charge is 0.314 e.